The second kappa shape index (κ2) is 10.2. The van der Waals surface area contributed by atoms with Crippen molar-refractivity contribution in [3.63, 3.8) is 0 Å². The van der Waals surface area contributed by atoms with Crippen LogP contribution in [0.15, 0.2) is 24.5 Å². The first-order valence-electron chi connectivity index (χ1n) is 11.5. The van der Waals surface area contributed by atoms with Gasteiger partial charge in [0, 0.05) is 30.9 Å². The maximum atomic E-state index is 12.4. The number of rotatable bonds is 8. The fraction of sp³-hybridized carbons (Fsp3) is 0.522. The Morgan fingerprint density at radius 3 is 2.60 bits per heavy atom. The SMILES string of the molecule is N#CCC1(n2cc(C(N)=O)c(Nc3ccc(C4CCC4)nc3)n2)CCN(C(=O)OCC(F)F)CC1. The zero-order valence-electron chi connectivity index (χ0n) is 19.1. The molecule has 1 saturated heterocycles. The molecule has 4 rings (SSSR count). The quantitative estimate of drug-likeness (QED) is 0.581. The van der Waals surface area contributed by atoms with Crippen LogP contribution in [0.1, 0.15) is 60.5 Å². The summed E-state index contributed by atoms with van der Waals surface area (Å²) in [4.78, 5) is 30.0. The Hall–Kier alpha value is -3.75. The molecule has 1 aliphatic carbocycles. The molecule has 2 aromatic rings. The number of carbonyl (C=O) groups is 2. The lowest BCUT2D eigenvalue weighted by Gasteiger charge is -2.40. The molecule has 0 spiro atoms. The summed E-state index contributed by atoms with van der Waals surface area (Å²) in [7, 11) is 0. The molecule has 35 heavy (non-hydrogen) atoms. The maximum absolute atomic E-state index is 12.4. The zero-order valence-corrected chi connectivity index (χ0v) is 19.1. The summed E-state index contributed by atoms with van der Waals surface area (Å²) in [6.45, 7) is -0.596. The van der Waals surface area contributed by atoms with Crippen LogP contribution in [0.25, 0.3) is 0 Å². The topological polar surface area (TPSA) is 139 Å². The zero-order chi connectivity index (χ0) is 25.0. The summed E-state index contributed by atoms with van der Waals surface area (Å²) >= 11 is 0. The number of primary amides is 1. The molecule has 2 aliphatic rings. The molecule has 3 N–H and O–H groups in total. The van der Waals surface area contributed by atoms with Gasteiger partial charge in [0.2, 0.25) is 0 Å². The third-order valence-corrected chi connectivity index (χ3v) is 6.73. The lowest BCUT2D eigenvalue weighted by Crippen LogP contribution is -2.48. The van der Waals surface area contributed by atoms with E-state index in [0.717, 1.165) is 18.5 Å². The number of nitrogens with two attached hydrogens (primary N) is 1. The molecule has 0 unspecified atom stereocenters. The summed E-state index contributed by atoms with van der Waals surface area (Å²) in [6.07, 6.45) is 3.82. The Kier molecular flexibility index (Phi) is 7.14. The minimum Gasteiger partial charge on any atom is -0.443 e. The second-order valence-electron chi connectivity index (χ2n) is 8.94. The van der Waals surface area contributed by atoms with Gasteiger partial charge in [0.15, 0.2) is 12.4 Å². The summed E-state index contributed by atoms with van der Waals surface area (Å²) < 4.78 is 30.9. The third kappa shape index (κ3) is 5.34. The monoisotopic (exact) mass is 487 g/mol. The van der Waals surface area contributed by atoms with Crippen LogP contribution in [-0.4, -0.2) is 57.8 Å². The van der Waals surface area contributed by atoms with Crippen LogP contribution in [0.3, 0.4) is 0 Å². The number of nitriles is 1. The van der Waals surface area contributed by atoms with Crippen molar-refractivity contribution in [1.82, 2.24) is 19.7 Å². The third-order valence-electron chi connectivity index (χ3n) is 6.73. The predicted molar refractivity (Wildman–Crippen MR) is 121 cm³/mol. The van der Waals surface area contributed by atoms with E-state index in [1.807, 2.05) is 12.1 Å². The molecule has 186 valence electrons. The molecule has 2 aromatic heterocycles. The van der Waals surface area contributed by atoms with E-state index < -0.39 is 30.6 Å². The number of piperidine rings is 1. The molecule has 3 heterocycles. The van der Waals surface area contributed by atoms with Crippen molar-refractivity contribution in [2.45, 2.75) is 56.4 Å². The number of ether oxygens (including phenoxy) is 1. The number of likely N-dealkylation sites (tertiary alicyclic amines) is 1. The van der Waals surface area contributed by atoms with E-state index in [1.165, 1.54) is 17.5 Å². The van der Waals surface area contributed by atoms with Crippen molar-refractivity contribution in [1.29, 1.82) is 5.26 Å². The number of anilines is 2. The first-order valence-corrected chi connectivity index (χ1v) is 11.5. The van der Waals surface area contributed by atoms with Crippen LogP contribution in [0.5, 0.6) is 0 Å². The number of hydrogen-bond acceptors (Lipinski definition) is 7. The summed E-state index contributed by atoms with van der Waals surface area (Å²) in [5.74, 6) is 0.0542. The van der Waals surface area contributed by atoms with Gasteiger partial charge in [-0.05, 0) is 37.8 Å². The largest absolute Gasteiger partial charge is 0.443 e. The van der Waals surface area contributed by atoms with Gasteiger partial charge < -0.3 is 20.7 Å². The molecule has 0 bridgehead atoms. The van der Waals surface area contributed by atoms with Gasteiger partial charge in [0.1, 0.15) is 5.56 Å². The van der Waals surface area contributed by atoms with Gasteiger partial charge in [0.05, 0.1) is 29.9 Å². The van der Waals surface area contributed by atoms with Crippen molar-refractivity contribution in [3.8, 4) is 6.07 Å². The van der Waals surface area contributed by atoms with Gasteiger partial charge in [-0.2, -0.15) is 10.4 Å². The Morgan fingerprint density at radius 1 is 1.31 bits per heavy atom. The van der Waals surface area contributed by atoms with Crippen LogP contribution < -0.4 is 11.1 Å². The van der Waals surface area contributed by atoms with Crippen LogP contribution in [-0.2, 0) is 10.3 Å². The Bertz CT molecular complexity index is 1100. The molecule has 0 radical (unpaired) electrons. The van der Waals surface area contributed by atoms with E-state index in [4.69, 9.17) is 5.73 Å². The summed E-state index contributed by atoms with van der Waals surface area (Å²) in [5, 5.41) is 17.1. The lowest BCUT2D eigenvalue weighted by molar-refractivity contribution is 0.0203. The van der Waals surface area contributed by atoms with Crippen molar-refractivity contribution in [2.75, 3.05) is 25.0 Å². The second-order valence-corrected chi connectivity index (χ2v) is 8.94. The molecule has 0 atom stereocenters. The first-order chi connectivity index (χ1) is 16.8. The molecule has 0 aromatic carbocycles. The van der Waals surface area contributed by atoms with E-state index in [0.29, 0.717) is 24.4 Å². The first kappa shape index (κ1) is 24.4. The Morgan fingerprint density at radius 2 is 2.06 bits per heavy atom. The summed E-state index contributed by atoms with van der Waals surface area (Å²) in [5.41, 5.74) is 6.63. The van der Waals surface area contributed by atoms with Gasteiger partial charge in [-0.3, -0.25) is 14.5 Å². The van der Waals surface area contributed by atoms with Gasteiger partial charge in [-0.25, -0.2) is 13.6 Å². The van der Waals surface area contributed by atoms with E-state index in [-0.39, 0.29) is 30.9 Å². The number of alkyl halides is 2. The Balaban J connectivity index is 1.51. The number of pyridine rings is 1. The number of halogens is 2. The fourth-order valence-electron chi connectivity index (χ4n) is 4.42. The molecule has 10 nitrogen and oxygen atoms in total. The van der Waals surface area contributed by atoms with Crippen molar-refractivity contribution < 1.29 is 23.1 Å². The van der Waals surface area contributed by atoms with Crippen LogP contribution in [0.2, 0.25) is 0 Å². The molecule has 1 aliphatic heterocycles. The minimum atomic E-state index is -2.74. The minimum absolute atomic E-state index is 0.0733. The fourth-order valence-corrected chi connectivity index (χ4v) is 4.42. The van der Waals surface area contributed by atoms with E-state index in [1.54, 1.807) is 10.9 Å². The average Bonchev–Trinajstić information content (AvgIpc) is 3.23. The number of nitrogens with one attached hydrogen (secondary N) is 1. The number of carbonyl (C=O) groups excluding carboxylic acids is 2. The Labute approximate surface area is 201 Å². The van der Waals surface area contributed by atoms with Gasteiger partial charge in [-0.15, -0.1) is 0 Å². The smallest absolute Gasteiger partial charge is 0.409 e. The molecule has 1 saturated carbocycles. The number of nitrogens with zero attached hydrogens (tertiary/aromatic N) is 5. The molecule has 2 fully saturated rings. The van der Waals surface area contributed by atoms with Gasteiger partial charge in [0.25, 0.3) is 12.3 Å². The average molecular weight is 488 g/mol. The standard InChI is InChI=1S/C23H27F2N7O3/c24-19(25)14-35-22(34)31-10-7-23(6-9-26,8-11-31)32-13-17(20(27)33)21(30-32)29-16-4-5-18(28-12-16)15-2-1-3-15/h4-5,12-13,15,19H,1-3,6-8,10-11,14H2,(H2,27,33)(H,29,30). The molecular weight excluding hydrogens is 460 g/mol. The van der Waals surface area contributed by atoms with Crippen molar-refractivity contribution in [2.24, 2.45) is 5.73 Å². The highest BCUT2D eigenvalue weighted by molar-refractivity contribution is 5.98. The molecule has 12 heteroatoms. The van der Waals surface area contributed by atoms with Crippen molar-refractivity contribution >= 4 is 23.5 Å². The van der Waals surface area contributed by atoms with Gasteiger partial charge >= 0.3 is 6.09 Å². The lowest BCUT2D eigenvalue weighted by atomic mass is 9.83. The van der Waals surface area contributed by atoms with Crippen molar-refractivity contribution in [3.05, 3.63) is 35.8 Å². The van der Waals surface area contributed by atoms with E-state index >= 15 is 0 Å². The van der Waals surface area contributed by atoms with Crippen LogP contribution in [0.4, 0.5) is 25.1 Å². The summed E-state index contributed by atoms with van der Waals surface area (Å²) in [6, 6.07) is 5.98. The van der Waals surface area contributed by atoms with E-state index in [9.17, 15) is 23.6 Å². The highest BCUT2D eigenvalue weighted by Crippen LogP contribution is 2.37. The normalized spacial score (nSPS) is 17.5. The van der Waals surface area contributed by atoms with Crippen LogP contribution in [0, 0.1) is 11.3 Å². The number of amides is 2. The molecule has 2 amide bonds. The maximum Gasteiger partial charge on any atom is 0.409 e. The highest BCUT2D eigenvalue weighted by Gasteiger charge is 2.40. The number of aromatic nitrogens is 3. The highest BCUT2D eigenvalue weighted by atomic mass is 19.3. The van der Waals surface area contributed by atoms with Crippen LogP contribution >= 0.6 is 0 Å². The van der Waals surface area contributed by atoms with E-state index in [2.05, 4.69) is 26.2 Å². The predicted octanol–water partition coefficient (Wildman–Crippen LogP) is 3.49. The number of hydrogen-bond donors (Lipinski definition) is 2. The van der Waals surface area contributed by atoms with Gasteiger partial charge in [-0.1, -0.05) is 6.42 Å². The molecular formula is C23H27F2N7O3.